The third kappa shape index (κ3) is 6.76. The van der Waals surface area contributed by atoms with Crippen LogP contribution < -0.4 is 10.6 Å². The minimum atomic E-state index is -0.775. The Morgan fingerprint density at radius 2 is 1.66 bits per heavy atom. The third-order valence-electron chi connectivity index (χ3n) is 6.74. The Morgan fingerprint density at radius 1 is 1.00 bits per heavy atom. The van der Waals surface area contributed by atoms with Crippen LogP contribution in [-0.4, -0.2) is 41.8 Å². The number of carbonyl (C=O) groups is 3. The number of hydrogen-bond donors (Lipinski definition) is 2. The van der Waals surface area contributed by atoms with E-state index >= 15 is 0 Å². The summed E-state index contributed by atoms with van der Waals surface area (Å²) in [6, 6.07) is 15.8. The van der Waals surface area contributed by atoms with Crippen LogP contribution in [0.1, 0.15) is 60.0 Å². The molecule has 1 fully saturated rings. The molecule has 0 aliphatic carbocycles. The van der Waals surface area contributed by atoms with E-state index in [0.717, 1.165) is 24.2 Å². The molecule has 8 heteroatoms. The summed E-state index contributed by atoms with van der Waals surface area (Å²) < 4.78 is 18.6. The number of anilines is 1. The van der Waals surface area contributed by atoms with E-state index in [-0.39, 0.29) is 17.4 Å². The molecule has 0 bridgehead atoms. The fourth-order valence-electron chi connectivity index (χ4n) is 4.51. The van der Waals surface area contributed by atoms with E-state index in [1.807, 2.05) is 55.1 Å². The summed E-state index contributed by atoms with van der Waals surface area (Å²) in [5.41, 5.74) is 2.72. The summed E-state index contributed by atoms with van der Waals surface area (Å²) in [4.78, 5) is 39.6. The average molecular weight is 518 g/mol. The number of rotatable bonds is 7. The number of benzene rings is 2. The first-order chi connectivity index (χ1) is 18.2. The molecule has 1 aliphatic heterocycles. The second kappa shape index (κ2) is 11.9. The standard InChI is InChI=1S/C30H32FN3O4/c1-19(18-27-13-4-20(2)38-27)30(37)34-16-14-23(15-17-34)22-7-11-26(12-8-22)33-28(35)21(3)32-29(36)24-5-9-25(31)10-6-24/h4-13,18,21,23H,14-17H2,1-3H3,(H,32,36)(H,33,35)/b19-18+. The van der Waals surface area contributed by atoms with E-state index in [9.17, 15) is 18.8 Å². The number of hydrogen-bond acceptors (Lipinski definition) is 4. The Bertz CT molecular complexity index is 1320. The highest BCUT2D eigenvalue weighted by molar-refractivity contribution is 6.01. The lowest BCUT2D eigenvalue weighted by Gasteiger charge is -2.32. The molecule has 38 heavy (non-hydrogen) atoms. The van der Waals surface area contributed by atoms with Crippen LogP contribution >= 0.6 is 0 Å². The Hall–Kier alpha value is -4.20. The van der Waals surface area contributed by atoms with Gasteiger partial charge < -0.3 is 20.0 Å². The molecule has 0 spiro atoms. The van der Waals surface area contributed by atoms with Crippen LogP contribution in [0.25, 0.3) is 6.08 Å². The van der Waals surface area contributed by atoms with Crippen molar-refractivity contribution in [2.45, 2.75) is 45.6 Å². The molecule has 1 aromatic heterocycles. The lowest BCUT2D eigenvalue weighted by atomic mass is 9.89. The number of piperidine rings is 1. The number of nitrogens with zero attached hydrogens (tertiary/aromatic N) is 1. The highest BCUT2D eigenvalue weighted by atomic mass is 19.1. The van der Waals surface area contributed by atoms with Crippen molar-refractivity contribution in [2.75, 3.05) is 18.4 Å². The largest absolute Gasteiger partial charge is 0.462 e. The molecule has 2 aromatic carbocycles. The molecular formula is C30H32FN3O4. The van der Waals surface area contributed by atoms with Crippen molar-refractivity contribution in [1.29, 1.82) is 0 Å². The maximum atomic E-state index is 13.1. The molecule has 3 aromatic rings. The van der Waals surface area contributed by atoms with Crippen LogP contribution in [0.15, 0.2) is 70.7 Å². The van der Waals surface area contributed by atoms with Crippen molar-refractivity contribution in [3.63, 3.8) is 0 Å². The van der Waals surface area contributed by atoms with Crippen LogP contribution in [0.4, 0.5) is 10.1 Å². The molecule has 4 rings (SSSR count). The van der Waals surface area contributed by atoms with Gasteiger partial charge in [0.1, 0.15) is 23.4 Å². The number of aryl methyl sites for hydroxylation is 1. The molecule has 2 N–H and O–H groups in total. The highest BCUT2D eigenvalue weighted by Gasteiger charge is 2.25. The van der Waals surface area contributed by atoms with Gasteiger partial charge in [-0.3, -0.25) is 14.4 Å². The van der Waals surface area contributed by atoms with E-state index < -0.39 is 17.8 Å². The zero-order chi connectivity index (χ0) is 27.2. The van der Waals surface area contributed by atoms with Crippen molar-refractivity contribution >= 4 is 29.5 Å². The summed E-state index contributed by atoms with van der Waals surface area (Å²) in [6.07, 6.45) is 3.50. The number of furan rings is 1. The summed E-state index contributed by atoms with van der Waals surface area (Å²) >= 11 is 0. The fraction of sp³-hybridized carbons (Fsp3) is 0.300. The van der Waals surface area contributed by atoms with Crippen molar-refractivity contribution < 1.29 is 23.2 Å². The van der Waals surface area contributed by atoms with E-state index in [0.29, 0.717) is 36.0 Å². The van der Waals surface area contributed by atoms with E-state index in [1.165, 1.54) is 24.3 Å². The Kier molecular flexibility index (Phi) is 8.41. The lowest BCUT2D eigenvalue weighted by Crippen LogP contribution is -2.41. The summed E-state index contributed by atoms with van der Waals surface area (Å²) in [7, 11) is 0. The van der Waals surface area contributed by atoms with Crippen molar-refractivity contribution in [3.05, 3.63) is 94.7 Å². The van der Waals surface area contributed by atoms with E-state index in [1.54, 1.807) is 13.0 Å². The Balaban J connectivity index is 1.26. The summed E-state index contributed by atoms with van der Waals surface area (Å²) in [5, 5.41) is 5.43. The SMILES string of the molecule is C/C(=C\c1ccc(C)o1)C(=O)N1CCC(c2ccc(NC(=O)C(C)NC(=O)c3ccc(F)cc3)cc2)CC1. The van der Waals surface area contributed by atoms with Gasteiger partial charge in [-0.2, -0.15) is 0 Å². The van der Waals surface area contributed by atoms with Gasteiger partial charge in [-0.1, -0.05) is 12.1 Å². The topological polar surface area (TPSA) is 91.7 Å². The number of halogens is 1. The van der Waals surface area contributed by atoms with Crippen LogP contribution in [0.2, 0.25) is 0 Å². The second-order valence-corrected chi connectivity index (χ2v) is 9.66. The monoisotopic (exact) mass is 517 g/mol. The quantitative estimate of drug-likeness (QED) is 0.417. The van der Waals surface area contributed by atoms with Gasteiger partial charge in [0, 0.05) is 29.9 Å². The predicted octanol–water partition coefficient (Wildman–Crippen LogP) is 5.29. The summed E-state index contributed by atoms with van der Waals surface area (Å²) in [5.74, 6) is 0.609. The van der Waals surface area contributed by atoms with Gasteiger partial charge in [-0.05, 0) is 99.7 Å². The van der Waals surface area contributed by atoms with E-state index in [4.69, 9.17) is 4.42 Å². The minimum absolute atomic E-state index is 0.0243. The lowest BCUT2D eigenvalue weighted by molar-refractivity contribution is -0.128. The molecule has 0 radical (unpaired) electrons. The second-order valence-electron chi connectivity index (χ2n) is 9.66. The molecule has 1 unspecified atom stereocenters. The fourth-order valence-corrected chi connectivity index (χ4v) is 4.51. The van der Waals surface area contributed by atoms with Crippen LogP contribution in [0.3, 0.4) is 0 Å². The smallest absolute Gasteiger partial charge is 0.251 e. The molecular weight excluding hydrogens is 485 g/mol. The van der Waals surface area contributed by atoms with Gasteiger partial charge in [0.15, 0.2) is 0 Å². The average Bonchev–Trinajstić information content (AvgIpc) is 3.33. The predicted molar refractivity (Wildman–Crippen MR) is 144 cm³/mol. The van der Waals surface area contributed by atoms with Crippen molar-refractivity contribution in [1.82, 2.24) is 10.2 Å². The number of carbonyl (C=O) groups excluding carboxylic acids is 3. The van der Waals surface area contributed by atoms with Gasteiger partial charge in [0.25, 0.3) is 5.91 Å². The molecule has 2 heterocycles. The maximum Gasteiger partial charge on any atom is 0.251 e. The zero-order valence-corrected chi connectivity index (χ0v) is 21.8. The Labute approximate surface area is 221 Å². The first-order valence-electron chi connectivity index (χ1n) is 12.7. The van der Waals surface area contributed by atoms with Crippen LogP contribution in [-0.2, 0) is 9.59 Å². The van der Waals surface area contributed by atoms with Gasteiger partial charge in [0.05, 0.1) is 0 Å². The number of amides is 3. The highest BCUT2D eigenvalue weighted by Crippen LogP contribution is 2.29. The molecule has 3 amide bonds. The molecule has 198 valence electrons. The molecule has 0 saturated carbocycles. The Morgan fingerprint density at radius 3 is 2.26 bits per heavy atom. The van der Waals surface area contributed by atoms with Gasteiger partial charge in [0.2, 0.25) is 11.8 Å². The number of nitrogens with one attached hydrogen (secondary N) is 2. The minimum Gasteiger partial charge on any atom is -0.462 e. The van der Waals surface area contributed by atoms with E-state index in [2.05, 4.69) is 10.6 Å². The van der Waals surface area contributed by atoms with Gasteiger partial charge >= 0.3 is 0 Å². The number of likely N-dealkylation sites (tertiary alicyclic amines) is 1. The summed E-state index contributed by atoms with van der Waals surface area (Å²) in [6.45, 7) is 6.63. The maximum absolute atomic E-state index is 13.1. The molecule has 1 saturated heterocycles. The van der Waals surface area contributed by atoms with Crippen LogP contribution in [0.5, 0.6) is 0 Å². The van der Waals surface area contributed by atoms with Gasteiger partial charge in [-0.25, -0.2) is 4.39 Å². The van der Waals surface area contributed by atoms with Gasteiger partial charge in [-0.15, -0.1) is 0 Å². The molecule has 1 aliphatic rings. The van der Waals surface area contributed by atoms with Crippen molar-refractivity contribution in [3.8, 4) is 0 Å². The van der Waals surface area contributed by atoms with Crippen LogP contribution in [0, 0.1) is 12.7 Å². The normalized spacial score (nSPS) is 15.2. The first-order valence-corrected chi connectivity index (χ1v) is 12.7. The molecule has 7 nitrogen and oxygen atoms in total. The molecule has 1 atom stereocenters. The first kappa shape index (κ1) is 26.9. The third-order valence-corrected chi connectivity index (χ3v) is 6.74. The van der Waals surface area contributed by atoms with Crippen molar-refractivity contribution in [2.24, 2.45) is 0 Å². The zero-order valence-electron chi connectivity index (χ0n) is 21.8.